The Morgan fingerprint density at radius 3 is 2.57 bits per heavy atom. The number of likely N-dealkylation sites (N-methyl/N-ethyl adjacent to an activating group) is 1. The number of aromatic nitrogens is 4. The normalized spacial score (nSPS) is 21.1. The molecule has 18 heteroatoms. The minimum atomic E-state index is -2.96. The third-order valence-electron chi connectivity index (χ3n) is 7.42. The maximum absolute atomic E-state index is 12.1. The van der Waals surface area contributed by atoms with E-state index in [1.165, 1.54) is 17.2 Å². The summed E-state index contributed by atoms with van der Waals surface area (Å²) < 4.78 is 29.8. The van der Waals surface area contributed by atoms with Crippen molar-refractivity contribution in [3.8, 4) is 0 Å². The van der Waals surface area contributed by atoms with Gasteiger partial charge in [0, 0.05) is 44.6 Å². The van der Waals surface area contributed by atoms with Crippen LogP contribution in [-0.4, -0.2) is 129 Å². The van der Waals surface area contributed by atoms with Crippen molar-refractivity contribution in [1.82, 2.24) is 29.7 Å². The number of nitrogens with zero attached hydrogens (tertiary/aromatic N) is 5. The molecule has 1 saturated heterocycles. The van der Waals surface area contributed by atoms with Crippen LogP contribution in [0.25, 0.3) is 11.2 Å². The number of nitrogen functional groups attached to an aromatic ring is 1. The van der Waals surface area contributed by atoms with Crippen molar-refractivity contribution in [2.45, 2.75) is 76.0 Å². The van der Waals surface area contributed by atoms with Crippen LogP contribution in [0.4, 0.5) is 11.8 Å². The lowest BCUT2D eigenvalue weighted by Crippen LogP contribution is -2.42. The second-order valence-electron chi connectivity index (χ2n) is 11.0. The number of carboxylic acids is 1. The van der Waals surface area contributed by atoms with E-state index in [0.29, 0.717) is 45.4 Å². The molecule has 9 N–H and O–H groups in total. The van der Waals surface area contributed by atoms with Crippen molar-refractivity contribution >= 4 is 44.6 Å². The largest absolute Gasteiger partial charge is 0.480 e. The molecule has 1 aliphatic rings. The number of rotatable bonds is 19. The number of nitrogens with one attached hydrogen (secondary N) is 2. The Balaban J connectivity index is 1.53. The van der Waals surface area contributed by atoms with Gasteiger partial charge in [0.25, 0.3) is 0 Å². The molecule has 2 aromatic heterocycles. The highest BCUT2D eigenvalue weighted by Crippen LogP contribution is 2.33. The number of sulfone groups is 1. The number of carbonyl (C=O) groups is 2. The summed E-state index contributed by atoms with van der Waals surface area (Å²) in [7, 11) is -2.96. The molecule has 5 atom stereocenters. The SMILES string of the molecule is CCN(CC[C@H](N)C(=O)O)C[C@H]1OC(n2cnc3c(N)nc(NCCNC(=O)CCCCCCS(C)(=O)=O)nc32)[C@H](O)[C@@H]1O. The molecule has 248 valence electrons. The van der Waals surface area contributed by atoms with Gasteiger partial charge in [0.1, 0.15) is 39.7 Å². The number of hydrogen-bond acceptors (Lipinski definition) is 14. The van der Waals surface area contributed by atoms with Gasteiger partial charge >= 0.3 is 5.97 Å². The predicted octanol–water partition coefficient (Wildman–Crippen LogP) is -1.33. The molecule has 0 radical (unpaired) electrons. The van der Waals surface area contributed by atoms with E-state index >= 15 is 0 Å². The van der Waals surface area contributed by atoms with Crippen molar-refractivity contribution in [3.05, 3.63) is 6.33 Å². The number of hydrogen-bond donors (Lipinski definition) is 7. The summed E-state index contributed by atoms with van der Waals surface area (Å²) in [4.78, 5) is 38.0. The first-order valence-corrected chi connectivity index (χ1v) is 16.8. The fourth-order valence-corrected chi connectivity index (χ4v) is 5.59. The second-order valence-corrected chi connectivity index (χ2v) is 13.3. The lowest BCUT2D eigenvalue weighted by Gasteiger charge is -2.26. The summed E-state index contributed by atoms with van der Waals surface area (Å²) in [6.07, 6.45) is 1.63. The Morgan fingerprint density at radius 2 is 1.89 bits per heavy atom. The number of fused-ring (bicyclic) bond motifs is 1. The number of anilines is 2. The molecule has 0 saturated carbocycles. The maximum atomic E-state index is 12.1. The van der Waals surface area contributed by atoms with E-state index in [2.05, 4.69) is 25.6 Å². The zero-order chi connectivity index (χ0) is 32.4. The molecular formula is C26H45N9O8S. The number of amides is 1. The second kappa shape index (κ2) is 16.2. The van der Waals surface area contributed by atoms with Crippen LogP contribution < -0.4 is 22.1 Å². The van der Waals surface area contributed by atoms with Gasteiger partial charge in [-0.25, -0.2) is 13.4 Å². The van der Waals surface area contributed by atoms with Crippen LogP contribution in [-0.2, 0) is 24.2 Å². The Morgan fingerprint density at radius 1 is 1.16 bits per heavy atom. The highest BCUT2D eigenvalue weighted by Gasteiger charge is 2.44. The number of nitrogens with two attached hydrogens (primary N) is 2. The minimum absolute atomic E-state index is 0.0904. The molecule has 2 aromatic rings. The van der Waals surface area contributed by atoms with Gasteiger partial charge in [-0.1, -0.05) is 19.8 Å². The molecule has 1 fully saturated rings. The van der Waals surface area contributed by atoms with Crippen LogP contribution in [0.1, 0.15) is 51.7 Å². The lowest BCUT2D eigenvalue weighted by molar-refractivity contribution is -0.138. The third-order valence-corrected chi connectivity index (χ3v) is 8.45. The highest BCUT2D eigenvalue weighted by molar-refractivity contribution is 7.90. The summed E-state index contributed by atoms with van der Waals surface area (Å²) >= 11 is 0. The molecule has 0 bridgehead atoms. The van der Waals surface area contributed by atoms with Crippen molar-refractivity contribution in [3.63, 3.8) is 0 Å². The van der Waals surface area contributed by atoms with Gasteiger partial charge < -0.3 is 47.1 Å². The molecule has 1 unspecified atom stereocenters. The Labute approximate surface area is 256 Å². The van der Waals surface area contributed by atoms with Gasteiger partial charge in [-0.05, 0) is 25.8 Å². The summed E-state index contributed by atoms with van der Waals surface area (Å²) in [5, 5.41) is 36.4. The van der Waals surface area contributed by atoms with Crippen LogP contribution in [0.5, 0.6) is 0 Å². The van der Waals surface area contributed by atoms with E-state index in [9.17, 15) is 28.2 Å². The molecule has 17 nitrogen and oxygen atoms in total. The van der Waals surface area contributed by atoms with Gasteiger partial charge in [0.05, 0.1) is 6.33 Å². The van der Waals surface area contributed by atoms with Gasteiger partial charge in [-0.2, -0.15) is 9.97 Å². The summed E-state index contributed by atoms with van der Waals surface area (Å²) in [5.74, 6) is -0.781. The minimum Gasteiger partial charge on any atom is -0.480 e. The highest BCUT2D eigenvalue weighted by atomic mass is 32.2. The number of aliphatic hydroxyl groups excluding tert-OH is 2. The molecular weight excluding hydrogens is 598 g/mol. The van der Waals surface area contributed by atoms with E-state index in [-0.39, 0.29) is 47.6 Å². The molecule has 1 aliphatic heterocycles. The van der Waals surface area contributed by atoms with E-state index in [0.717, 1.165) is 12.8 Å². The topological polar surface area (TPSA) is 261 Å². The first kappa shape index (κ1) is 35.3. The first-order valence-electron chi connectivity index (χ1n) is 14.7. The Hall–Kier alpha value is -3.16. The van der Waals surface area contributed by atoms with Crippen molar-refractivity contribution in [2.24, 2.45) is 5.73 Å². The summed E-state index contributed by atoms with van der Waals surface area (Å²) in [6.45, 7) is 3.66. The molecule has 3 rings (SSSR count). The maximum Gasteiger partial charge on any atom is 0.320 e. The number of carbonyl (C=O) groups excluding carboxylic acids is 1. The first-order chi connectivity index (χ1) is 20.8. The molecule has 0 spiro atoms. The fourth-order valence-electron chi connectivity index (χ4n) is 4.86. The summed E-state index contributed by atoms with van der Waals surface area (Å²) in [6, 6.07) is -1.00. The van der Waals surface area contributed by atoms with Crippen LogP contribution in [0, 0.1) is 0 Å². The van der Waals surface area contributed by atoms with Crippen LogP contribution in [0.15, 0.2) is 6.33 Å². The van der Waals surface area contributed by atoms with Gasteiger partial charge in [0.2, 0.25) is 11.9 Å². The quantitative estimate of drug-likeness (QED) is 0.0875. The van der Waals surface area contributed by atoms with Gasteiger partial charge in [-0.15, -0.1) is 0 Å². The van der Waals surface area contributed by atoms with E-state index in [1.54, 1.807) is 0 Å². The van der Waals surface area contributed by atoms with Crippen molar-refractivity contribution in [1.29, 1.82) is 0 Å². The number of aliphatic carboxylic acids is 1. The van der Waals surface area contributed by atoms with Crippen LogP contribution in [0.3, 0.4) is 0 Å². The molecule has 3 heterocycles. The number of carboxylic acid groups (broad SMARTS) is 1. The number of aliphatic hydroxyl groups is 2. The zero-order valence-electron chi connectivity index (χ0n) is 25.1. The average molecular weight is 644 g/mol. The Bertz CT molecular complexity index is 1360. The molecule has 44 heavy (non-hydrogen) atoms. The molecule has 1 amide bonds. The standard InChI is InChI=1S/C26H45N9O8S/c1-3-34(12-9-16(27)25(39)40)14-17-20(37)21(38)24(43-17)35-15-31-19-22(28)32-26(33-23(19)35)30-11-10-29-18(36)8-6-4-5-7-13-44(2,41)42/h15-17,20-21,24,37-38H,3-14,27H2,1-2H3,(H,29,36)(H,39,40)(H3,28,30,32,33)/t16-,17+,20+,21+,24?/m0/s1. The van der Waals surface area contributed by atoms with Crippen LogP contribution in [0.2, 0.25) is 0 Å². The number of imidazole rings is 1. The van der Waals surface area contributed by atoms with Crippen LogP contribution >= 0.6 is 0 Å². The van der Waals surface area contributed by atoms with E-state index in [1.807, 2.05) is 11.8 Å². The summed E-state index contributed by atoms with van der Waals surface area (Å²) in [5.41, 5.74) is 12.3. The molecule has 0 aliphatic carbocycles. The number of unbranched alkanes of at least 4 members (excludes halogenated alkanes) is 3. The van der Waals surface area contributed by atoms with Gasteiger partial charge in [-0.3, -0.25) is 14.2 Å². The zero-order valence-corrected chi connectivity index (χ0v) is 25.9. The van der Waals surface area contributed by atoms with Crippen molar-refractivity contribution < 1.29 is 38.1 Å². The lowest BCUT2D eigenvalue weighted by atomic mass is 10.1. The number of ether oxygens (including phenoxy) is 1. The fraction of sp³-hybridized carbons (Fsp3) is 0.731. The average Bonchev–Trinajstić information content (AvgIpc) is 3.50. The molecule has 0 aromatic carbocycles. The third kappa shape index (κ3) is 10.2. The Kier molecular flexibility index (Phi) is 13.0. The smallest absolute Gasteiger partial charge is 0.320 e. The van der Waals surface area contributed by atoms with E-state index in [4.69, 9.17) is 21.3 Å². The van der Waals surface area contributed by atoms with Gasteiger partial charge in [0.15, 0.2) is 17.7 Å². The van der Waals surface area contributed by atoms with Crippen molar-refractivity contribution in [2.75, 3.05) is 55.8 Å². The predicted molar refractivity (Wildman–Crippen MR) is 162 cm³/mol. The monoisotopic (exact) mass is 643 g/mol. The van der Waals surface area contributed by atoms with E-state index < -0.39 is 46.4 Å².